The molecule has 3 heterocycles. The number of rotatable bonds is 2. The van der Waals surface area contributed by atoms with Crippen LogP contribution in [0.5, 0.6) is 0 Å². The van der Waals surface area contributed by atoms with Crippen molar-refractivity contribution in [1.29, 1.82) is 0 Å². The first kappa shape index (κ1) is 15.7. The molecule has 2 aliphatic heterocycles. The SMILES string of the molecule is CCC1(O)CCCN(C(=O)c2cnc3c(c2)N(C)C(=O)CN3)C1. The molecule has 2 amide bonds. The third-order valence-corrected chi connectivity index (χ3v) is 4.76. The topological polar surface area (TPSA) is 85.8 Å². The lowest BCUT2D eigenvalue weighted by atomic mass is 9.90. The summed E-state index contributed by atoms with van der Waals surface area (Å²) in [5.74, 6) is 0.382. The van der Waals surface area contributed by atoms with E-state index in [1.807, 2.05) is 6.92 Å². The molecule has 124 valence electrons. The Hall–Kier alpha value is -2.15. The third-order valence-electron chi connectivity index (χ3n) is 4.76. The van der Waals surface area contributed by atoms with Crippen LogP contribution in [0.25, 0.3) is 0 Å². The zero-order valence-corrected chi connectivity index (χ0v) is 13.5. The monoisotopic (exact) mass is 318 g/mol. The van der Waals surface area contributed by atoms with Crippen LogP contribution in [0.2, 0.25) is 0 Å². The lowest BCUT2D eigenvalue weighted by Crippen LogP contribution is -2.50. The van der Waals surface area contributed by atoms with Gasteiger partial charge in [0.15, 0.2) is 0 Å². The molecule has 0 aromatic carbocycles. The van der Waals surface area contributed by atoms with Gasteiger partial charge in [-0.25, -0.2) is 4.98 Å². The van der Waals surface area contributed by atoms with E-state index < -0.39 is 5.60 Å². The second-order valence-electron chi connectivity index (χ2n) is 6.31. The number of hydrogen-bond donors (Lipinski definition) is 2. The number of hydrogen-bond acceptors (Lipinski definition) is 5. The van der Waals surface area contributed by atoms with Gasteiger partial charge in [-0.2, -0.15) is 0 Å². The molecule has 0 saturated carbocycles. The molecule has 0 spiro atoms. The van der Waals surface area contributed by atoms with Crippen molar-refractivity contribution >= 4 is 23.3 Å². The fourth-order valence-electron chi connectivity index (χ4n) is 3.13. The van der Waals surface area contributed by atoms with Crippen molar-refractivity contribution in [1.82, 2.24) is 9.88 Å². The van der Waals surface area contributed by atoms with E-state index >= 15 is 0 Å². The number of likely N-dealkylation sites (tertiary alicyclic amines) is 1. The van der Waals surface area contributed by atoms with Crippen molar-refractivity contribution in [3.05, 3.63) is 17.8 Å². The van der Waals surface area contributed by atoms with Gasteiger partial charge in [-0.05, 0) is 25.3 Å². The minimum atomic E-state index is -0.802. The fraction of sp³-hybridized carbons (Fsp3) is 0.562. The van der Waals surface area contributed by atoms with Crippen LogP contribution in [-0.2, 0) is 4.79 Å². The lowest BCUT2D eigenvalue weighted by Gasteiger charge is -2.38. The summed E-state index contributed by atoms with van der Waals surface area (Å²) in [5.41, 5.74) is 0.242. The smallest absolute Gasteiger partial charge is 0.255 e. The number of piperidine rings is 1. The van der Waals surface area contributed by atoms with Crippen LogP contribution in [0.1, 0.15) is 36.5 Å². The Morgan fingerprint density at radius 2 is 2.30 bits per heavy atom. The molecule has 23 heavy (non-hydrogen) atoms. The molecule has 1 unspecified atom stereocenters. The van der Waals surface area contributed by atoms with E-state index in [1.54, 1.807) is 18.0 Å². The maximum Gasteiger partial charge on any atom is 0.255 e. The predicted molar refractivity (Wildman–Crippen MR) is 86.5 cm³/mol. The molecule has 2 aliphatic rings. The number of aliphatic hydroxyl groups is 1. The molecule has 1 aromatic rings. The molecule has 1 atom stereocenters. The van der Waals surface area contributed by atoms with Gasteiger partial charge in [0.25, 0.3) is 5.91 Å². The summed E-state index contributed by atoms with van der Waals surface area (Å²) in [6, 6.07) is 1.69. The minimum Gasteiger partial charge on any atom is -0.388 e. The zero-order valence-electron chi connectivity index (χ0n) is 13.5. The zero-order chi connectivity index (χ0) is 16.6. The van der Waals surface area contributed by atoms with Crippen LogP contribution in [-0.4, -0.2) is 59.1 Å². The largest absolute Gasteiger partial charge is 0.388 e. The van der Waals surface area contributed by atoms with E-state index in [-0.39, 0.29) is 18.4 Å². The summed E-state index contributed by atoms with van der Waals surface area (Å²) in [4.78, 5) is 31.9. The van der Waals surface area contributed by atoms with Crippen molar-refractivity contribution in [2.45, 2.75) is 31.8 Å². The number of fused-ring (bicyclic) bond motifs is 1. The quantitative estimate of drug-likeness (QED) is 0.844. The number of β-amino-alcohol motifs (C(OH)–C–C–N with tert-alkyl or cyclic N) is 1. The number of anilines is 2. The average Bonchev–Trinajstić information content (AvgIpc) is 2.57. The van der Waals surface area contributed by atoms with E-state index in [9.17, 15) is 14.7 Å². The second-order valence-corrected chi connectivity index (χ2v) is 6.31. The van der Waals surface area contributed by atoms with E-state index in [0.717, 1.165) is 12.8 Å². The summed E-state index contributed by atoms with van der Waals surface area (Å²) in [7, 11) is 1.68. The van der Waals surface area contributed by atoms with E-state index in [0.29, 0.717) is 36.6 Å². The predicted octanol–water partition coefficient (Wildman–Crippen LogP) is 0.847. The highest BCUT2D eigenvalue weighted by Gasteiger charge is 2.34. The molecule has 0 aliphatic carbocycles. The van der Waals surface area contributed by atoms with Gasteiger partial charge < -0.3 is 20.2 Å². The summed E-state index contributed by atoms with van der Waals surface area (Å²) < 4.78 is 0. The van der Waals surface area contributed by atoms with Crippen LogP contribution in [0, 0.1) is 0 Å². The molecular weight excluding hydrogens is 296 g/mol. The molecule has 1 aromatic heterocycles. The van der Waals surface area contributed by atoms with Gasteiger partial charge in [0.2, 0.25) is 5.91 Å². The van der Waals surface area contributed by atoms with Gasteiger partial charge in [-0.15, -0.1) is 0 Å². The van der Waals surface area contributed by atoms with Crippen LogP contribution in [0.4, 0.5) is 11.5 Å². The van der Waals surface area contributed by atoms with E-state index in [1.165, 1.54) is 11.1 Å². The Morgan fingerprint density at radius 1 is 1.52 bits per heavy atom. The van der Waals surface area contributed by atoms with Gasteiger partial charge in [-0.1, -0.05) is 6.92 Å². The molecule has 0 radical (unpaired) electrons. The van der Waals surface area contributed by atoms with Gasteiger partial charge in [0, 0.05) is 26.3 Å². The number of carbonyl (C=O) groups is 2. The molecule has 1 saturated heterocycles. The number of amides is 2. The Morgan fingerprint density at radius 3 is 3.04 bits per heavy atom. The highest BCUT2D eigenvalue weighted by Crippen LogP contribution is 2.29. The molecule has 1 fully saturated rings. The van der Waals surface area contributed by atoms with Crippen LogP contribution in [0.15, 0.2) is 12.3 Å². The van der Waals surface area contributed by atoms with E-state index in [4.69, 9.17) is 0 Å². The number of carbonyl (C=O) groups excluding carboxylic acids is 2. The van der Waals surface area contributed by atoms with Gasteiger partial charge >= 0.3 is 0 Å². The highest BCUT2D eigenvalue weighted by atomic mass is 16.3. The van der Waals surface area contributed by atoms with Gasteiger partial charge in [-0.3, -0.25) is 9.59 Å². The maximum absolute atomic E-state index is 12.7. The highest BCUT2D eigenvalue weighted by molar-refractivity contribution is 6.03. The second kappa shape index (κ2) is 5.81. The fourth-order valence-corrected chi connectivity index (χ4v) is 3.13. The van der Waals surface area contributed by atoms with Crippen molar-refractivity contribution in [2.75, 3.05) is 36.9 Å². The minimum absolute atomic E-state index is 0.0674. The summed E-state index contributed by atoms with van der Waals surface area (Å²) in [5, 5.41) is 13.4. The van der Waals surface area contributed by atoms with Crippen molar-refractivity contribution in [2.24, 2.45) is 0 Å². The van der Waals surface area contributed by atoms with Crippen LogP contribution < -0.4 is 10.2 Å². The van der Waals surface area contributed by atoms with Crippen molar-refractivity contribution in [3.8, 4) is 0 Å². The van der Waals surface area contributed by atoms with Crippen LogP contribution >= 0.6 is 0 Å². The number of nitrogens with one attached hydrogen (secondary N) is 1. The molecule has 7 heteroatoms. The molecule has 7 nitrogen and oxygen atoms in total. The van der Waals surface area contributed by atoms with Crippen molar-refractivity contribution < 1.29 is 14.7 Å². The lowest BCUT2D eigenvalue weighted by molar-refractivity contribution is -0.116. The third kappa shape index (κ3) is 2.88. The Bertz CT molecular complexity index is 648. The first-order chi connectivity index (χ1) is 10.9. The molecular formula is C16H22N4O3. The number of likely N-dealkylation sites (N-methyl/N-ethyl adjacent to an activating group) is 1. The Labute approximate surface area is 135 Å². The first-order valence-corrected chi connectivity index (χ1v) is 7.96. The molecule has 2 N–H and O–H groups in total. The summed E-state index contributed by atoms with van der Waals surface area (Å²) >= 11 is 0. The normalized spacial score (nSPS) is 24.2. The number of nitrogens with zero attached hydrogens (tertiary/aromatic N) is 3. The standard InChI is InChI=1S/C16H22N4O3/c1-3-16(23)5-4-6-20(10-16)15(22)11-7-12-14(17-8-11)18-9-13(21)19(12)2/h7-8,23H,3-6,9-10H2,1-2H3,(H,17,18). The number of aromatic nitrogens is 1. The number of pyridine rings is 1. The van der Waals surface area contributed by atoms with E-state index in [2.05, 4.69) is 10.3 Å². The van der Waals surface area contributed by atoms with Crippen LogP contribution in [0.3, 0.4) is 0 Å². The maximum atomic E-state index is 12.7. The van der Waals surface area contributed by atoms with Gasteiger partial charge in [0.1, 0.15) is 5.82 Å². The molecule has 0 bridgehead atoms. The Kier molecular flexibility index (Phi) is 3.97. The average molecular weight is 318 g/mol. The summed E-state index contributed by atoms with van der Waals surface area (Å²) in [6.45, 7) is 3.11. The van der Waals surface area contributed by atoms with Crippen molar-refractivity contribution in [3.63, 3.8) is 0 Å². The Balaban J connectivity index is 1.84. The molecule has 3 rings (SSSR count). The first-order valence-electron chi connectivity index (χ1n) is 7.96. The van der Waals surface area contributed by atoms with Gasteiger partial charge in [0.05, 0.1) is 23.4 Å². The summed E-state index contributed by atoms with van der Waals surface area (Å²) in [6.07, 6.45) is 3.66.